The molecule has 10 heteroatoms. The van der Waals surface area contributed by atoms with Crippen LogP contribution < -0.4 is 4.72 Å². The molecular formula is C23H21ClF2N4O2S. The Morgan fingerprint density at radius 1 is 1.27 bits per heavy atom. The third-order valence-corrected chi connectivity index (χ3v) is 7.66. The molecule has 5 rings (SSSR count). The first-order valence-electron chi connectivity index (χ1n) is 10.6. The molecule has 0 bridgehead atoms. The van der Waals surface area contributed by atoms with Gasteiger partial charge in [-0.3, -0.25) is 14.2 Å². The van der Waals surface area contributed by atoms with Gasteiger partial charge in [-0.1, -0.05) is 11.6 Å². The van der Waals surface area contributed by atoms with Crippen molar-refractivity contribution in [2.45, 2.75) is 32.1 Å². The van der Waals surface area contributed by atoms with Crippen molar-refractivity contribution in [3.05, 3.63) is 52.6 Å². The highest BCUT2D eigenvalue weighted by molar-refractivity contribution is 7.92. The molecule has 4 aromatic rings. The van der Waals surface area contributed by atoms with Crippen molar-refractivity contribution >= 4 is 49.1 Å². The maximum Gasteiger partial charge on any atom is 0.232 e. The molecule has 0 unspecified atom stereocenters. The van der Waals surface area contributed by atoms with E-state index in [9.17, 15) is 17.2 Å². The monoisotopic (exact) mass is 490 g/mol. The van der Waals surface area contributed by atoms with E-state index in [1.807, 2.05) is 19.1 Å². The largest absolute Gasteiger partial charge is 0.282 e. The van der Waals surface area contributed by atoms with Crippen LogP contribution in [0.25, 0.3) is 32.9 Å². The number of anilines is 1. The lowest BCUT2D eigenvalue weighted by molar-refractivity contribution is 0.484. The molecule has 0 spiro atoms. The van der Waals surface area contributed by atoms with E-state index in [0.29, 0.717) is 17.1 Å². The van der Waals surface area contributed by atoms with E-state index in [2.05, 4.69) is 19.9 Å². The van der Waals surface area contributed by atoms with Crippen LogP contribution in [0.15, 0.2) is 30.5 Å². The van der Waals surface area contributed by atoms with Crippen molar-refractivity contribution in [1.29, 1.82) is 0 Å². The highest BCUT2D eigenvalue weighted by Crippen LogP contribution is 2.45. The number of fused-ring (bicyclic) bond motifs is 3. The zero-order valence-electron chi connectivity index (χ0n) is 17.8. The Labute approximate surface area is 194 Å². The van der Waals surface area contributed by atoms with E-state index in [1.165, 1.54) is 12.1 Å². The van der Waals surface area contributed by atoms with Gasteiger partial charge in [0.05, 0.1) is 34.2 Å². The number of aromatic amines is 1. The molecule has 2 aromatic heterocycles. The van der Waals surface area contributed by atoms with Crippen LogP contribution in [-0.2, 0) is 10.0 Å². The number of H-pyrrole nitrogens is 1. The first-order valence-corrected chi connectivity index (χ1v) is 12.6. The van der Waals surface area contributed by atoms with E-state index < -0.39 is 28.3 Å². The van der Waals surface area contributed by atoms with Crippen molar-refractivity contribution in [2.24, 2.45) is 0 Å². The molecule has 172 valence electrons. The van der Waals surface area contributed by atoms with Gasteiger partial charge in [-0.05, 0) is 67.0 Å². The van der Waals surface area contributed by atoms with E-state index >= 15 is 0 Å². The lowest BCUT2D eigenvalue weighted by Crippen LogP contribution is -2.17. The Balaban J connectivity index is 1.64. The van der Waals surface area contributed by atoms with Crippen LogP contribution in [0.2, 0.25) is 5.02 Å². The zero-order chi connectivity index (χ0) is 23.3. The van der Waals surface area contributed by atoms with Gasteiger partial charge in [0.15, 0.2) is 5.65 Å². The minimum atomic E-state index is -3.82. The summed E-state index contributed by atoms with van der Waals surface area (Å²) in [4.78, 5) is 4.48. The maximum absolute atomic E-state index is 15.0. The summed E-state index contributed by atoms with van der Waals surface area (Å²) in [6.07, 6.45) is 3.76. The van der Waals surface area contributed by atoms with Crippen molar-refractivity contribution in [1.82, 2.24) is 15.2 Å². The first kappa shape index (κ1) is 22.0. The molecule has 0 atom stereocenters. The van der Waals surface area contributed by atoms with Gasteiger partial charge in [-0.2, -0.15) is 5.10 Å². The first-order chi connectivity index (χ1) is 15.8. The minimum absolute atomic E-state index is 0.0471. The van der Waals surface area contributed by atoms with Gasteiger partial charge in [0.1, 0.15) is 5.82 Å². The number of rotatable bonds is 7. The third-order valence-electron chi connectivity index (χ3n) is 5.91. The summed E-state index contributed by atoms with van der Waals surface area (Å²) >= 11 is 6.49. The SMILES string of the molecule is Cc1cc2c(cnc3[nH]nc(C4CC4)c32)cc1-c1c(F)ccc(NS(=O)(=O)CCCF)c1Cl. The molecule has 0 aliphatic heterocycles. The summed E-state index contributed by atoms with van der Waals surface area (Å²) in [6.45, 7) is 1.10. The second kappa shape index (κ2) is 8.22. The Kier molecular flexibility index (Phi) is 5.49. The molecular weight excluding hydrogens is 470 g/mol. The number of hydrogen-bond acceptors (Lipinski definition) is 4. The van der Waals surface area contributed by atoms with Crippen LogP contribution >= 0.6 is 11.6 Å². The van der Waals surface area contributed by atoms with E-state index in [4.69, 9.17) is 11.6 Å². The zero-order valence-corrected chi connectivity index (χ0v) is 19.3. The Morgan fingerprint density at radius 3 is 2.79 bits per heavy atom. The minimum Gasteiger partial charge on any atom is -0.282 e. The van der Waals surface area contributed by atoms with Gasteiger partial charge in [0.25, 0.3) is 0 Å². The molecule has 1 aliphatic carbocycles. The average molecular weight is 491 g/mol. The summed E-state index contributed by atoms with van der Waals surface area (Å²) in [5.41, 5.74) is 3.17. The van der Waals surface area contributed by atoms with Crippen LogP contribution in [0.3, 0.4) is 0 Å². The number of pyridine rings is 1. The van der Waals surface area contributed by atoms with Crippen LogP contribution in [0, 0.1) is 12.7 Å². The summed E-state index contributed by atoms with van der Waals surface area (Å²) in [6, 6.07) is 6.21. The molecule has 33 heavy (non-hydrogen) atoms. The maximum atomic E-state index is 15.0. The van der Waals surface area contributed by atoms with E-state index in [1.54, 1.807) is 6.20 Å². The second-order valence-electron chi connectivity index (χ2n) is 8.37. The second-order valence-corrected chi connectivity index (χ2v) is 10.6. The molecule has 2 heterocycles. The van der Waals surface area contributed by atoms with Crippen molar-refractivity contribution in [3.63, 3.8) is 0 Å². The molecule has 1 aliphatic rings. The van der Waals surface area contributed by atoms with Crippen LogP contribution in [0.1, 0.15) is 36.4 Å². The quantitative estimate of drug-likeness (QED) is 0.340. The number of sulfonamides is 1. The van der Waals surface area contributed by atoms with Crippen molar-refractivity contribution in [3.8, 4) is 11.1 Å². The normalized spacial score (nSPS) is 14.3. The summed E-state index contributed by atoms with van der Waals surface area (Å²) < 4.78 is 54.2. The predicted octanol–water partition coefficient (Wildman–Crippen LogP) is 5.86. The summed E-state index contributed by atoms with van der Waals surface area (Å²) in [5, 5.41) is 10.1. The summed E-state index contributed by atoms with van der Waals surface area (Å²) in [5.74, 6) is -0.540. The van der Waals surface area contributed by atoms with Crippen LogP contribution in [0.5, 0.6) is 0 Å². The van der Waals surface area contributed by atoms with Crippen LogP contribution in [-0.4, -0.2) is 36.0 Å². The topological polar surface area (TPSA) is 87.7 Å². The van der Waals surface area contributed by atoms with Crippen molar-refractivity contribution in [2.75, 3.05) is 17.1 Å². The predicted molar refractivity (Wildman–Crippen MR) is 127 cm³/mol. The fourth-order valence-electron chi connectivity index (χ4n) is 4.15. The molecule has 1 saturated carbocycles. The Morgan fingerprint density at radius 2 is 2.06 bits per heavy atom. The number of aromatic nitrogens is 3. The molecule has 2 N–H and O–H groups in total. The lowest BCUT2D eigenvalue weighted by atomic mass is 9.94. The molecule has 0 radical (unpaired) electrons. The number of nitrogens with zero attached hydrogens (tertiary/aromatic N) is 2. The number of nitrogens with one attached hydrogen (secondary N) is 2. The van der Waals surface area contributed by atoms with Gasteiger partial charge in [-0.15, -0.1) is 0 Å². The smallest absolute Gasteiger partial charge is 0.232 e. The average Bonchev–Trinajstić information content (AvgIpc) is 3.53. The van der Waals surface area contributed by atoms with Gasteiger partial charge in [0, 0.05) is 23.1 Å². The molecule has 2 aromatic carbocycles. The fourth-order valence-corrected chi connectivity index (χ4v) is 5.60. The van der Waals surface area contributed by atoms with Crippen LogP contribution in [0.4, 0.5) is 14.5 Å². The van der Waals surface area contributed by atoms with Gasteiger partial charge in [0.2, 0.25) is 10.0 Å². The number of hydrogen-bond donors (Lipinski definition) is 2. The van der Waals surface area contributed by atoms with Gasteiger partial charge in [-0.25, -0.2) is 17.8 Å². The highest BCUT2D eigenvalue weighted by Gasteiger charge is 2.29. The van der Waals surface area contributed by atoms with Gasteiger partial charge >= 0.3 is 0 Å². The highest BCUT2D eigenvalue weighted by atomic mass is 35.5. The standard InChI is InChI=1S/C23H21ClF2N4O2S/c1-12-9-16-14(11-27-23-20(16)22(28-29-23)13-3-4-13)10-15(12)19-17(26)5-6-18(21(19)24)30-33(31,32)8-2-7-25/h5-6,9-11,13,30H,2-4,7-8H2,1H3,(H,27,28,29). The van der Waals surface area contributed by atoms with E-state index in [0.717, 1.165) is 40.3 Å². The Hall–Kier alpha value is -2.78. The van der Waals surface area contributed by atoms with Crippen molar-refractivity contribution < 1.29 is 17.2 Å². The number of halogens is 3. The fraction of sp³-hybridized carbons (Fsp3) is 0.304. The Bertz CT molecular complexity index is 1500. The number of benzene rings is 2. The number of alkyl halides is 1. The third kappa shape index (κ3) is 4.04. The summed E-state index contributed by atoms with van der Waals surface area (Å²) in [7, 11) is -3.82. The number of aryl methyl sites for hydroxylation is 1. The molecule has 1 fully saturated rings. The lowest BCUT2D eigenvalue weighted by Gasteiger charge is -2.16. The molecule has 0 amide bonds. The van der Waals surface area contributed by atoms with Gasteiger partial charge < -0.3 is 0 Å². The van der Waals surface area contributed by atoms with E-state index in [-0.39, 0.29) is 22.7 Å². The molecule has 0 saturated heterocycles. The molecule has 6 nitrogen and oxygen atoms in total.